The molecule has 0 bridgehead atoms. The average molecular weight is 299 g/mol. The van der Waals surface area contributed by atoms with Crippen molar-refractivity contribution in [1.82, 2.24) is 4.90 Å². The molecule has 2 rings (SSSR count). The summed E-state index contributed by atoms with van der Waals surface area (Å²) in [7, 11) is 0. The van der Waals surface area contributed by atoms with Gasteiger partial charge in [-0.2, -0.15) is 0 Å². The van der Waals surface area contributed by atoms with Gasteiger partial charge in [-0.05, 0) is 41.0 Å². The molecule has 0 amide bonds. The van der Waals surface area contributed by atoms with Crippen molar-refractivity contribution in [2.45, 2.75) is 6.42 Å². The van der Waals surface area contributed by atoms with Gasteiger partial charge in [0.05, 0.1) is 13.2 Å². The standard InChI is InChI=1S/C13H19BrN2O/c14-12-4-1-2-5-13(12)15-6-3-7-16-8-10-17-11-9-16/h1-2,4-5,15H,3,6-11H2. The number of morpholine rings is 1. The fraction of sp³-hybridized carbons (Fsp3) is 0.538. The van der Waals surface area contributed by atoms with Crippen LogP contribution in [0.15, 0.2) is 28.7 Å². The van der Waals surface area contributed by atoms with E-state index in [1.165, 1.54) is 12.1 Å². The lowest BCUT2D eigenvalue weighted by atomic mass is 10.3. The zero-order valence-corrected chi connectivity index (χ0v) is 11.6. The number of para-hydroxylation sites is 1. The molecule has 0 saturated carbocycles. The van der Waals surface area contributed by atoms with Crippen molar-refractivity contribution < 1.29 is 4.74 Å². The van der Waals surface area contributed by atoms with E-state index in [1.54, 1.807) is 0 Å². The lowest BCUT2D eigenvalue weighted by molar-refractivity contribution is 0.0378. The van der Waals surface area contributed by atoms with Crippen molar-refractivity contribution in [3.63, 3.8) is 0 Å². The third-order valence-electron chi connectivity index (χ3n) is 2.94. The van der Waals surface area contributed by atoms with Gasteiger partial charge in [-0.1, -0.05) is 12.1 Å². The summed E-state index contributed by atoms with van der Waals surface area (Å²) in [4.78, 5) is 2.46. The first kappa shape index (κ1) is 12.9. The molecule has 1 aliphatic heterocycles. The number of hydrogen-bond donors (Lipinski definition) is 1. The maximum atomic E-state index is 5.33. The van der Waals surface area contributed by atoms with Crippen LogP contribution in [0.5, 0.6) is 0 Å². The van der Waals surface area contributed by atoms with Gasteiger partial charge >= 0.3 is 0 Å². The van der Waals surface area contributed by atoms with Crippen molar-refractivity contribution in [3.8, 4) is 0 Å². The van der Waals surface area contributed by atoms with Crippen LogP contribution in [-0.4, -0.2) is 44.3 Å². The van der Waals surface area contributed by atoms with Crippen molar-refractivity contribution in [2.75, 3.05) is 44.7 Å². The van der Waals surface area contributed by atoms with Gasteiger partial charge in [0.1, 0.15) is 0 Å². The van der Waals surface area contributed by atoms with E-state index in [9.17, 15) is 0 Å². The summed E-state index contributed by atoms with van der Waals surface area (Å²) < 4.78 is 6.46. The summed E-state index contributed by atoms with van der Waals surface area (Å²) >= 11 is 3.54. The fourth-order valence-electron chi connectivity index (χ4n) is 1.96. The molecular weight excluding hydrogens is 280 g/mol. The Labute approximate surface area is 111 Å². The maximum Gasteiger partial charge on any atom is 0.0594 e. The second kappa shape index (κ2) is 6.99. The van der Waals surface area contributed by atoms with Gasteiger partial charge in [-0.3, -0.25) is 4.90 Å². The van der Waals surface area contributed by atoms with Gasteiger partial charge in [0.25, 0.3) is 0 Å². The summed E-state index contributed by atoms with van der Waals surface area (Å²) in [5.74, 6) is 0. The fourth-order valence-corrected chi connectivity index (χ4v) is 2.38. The van der Waals surface area contributed by atoms with Gasteiger partial charge < -0.3 is 10.1 Å². The van der Waals surface area contributed by atoms with Gasteiger partial charge in [0, 0.05) is 29.8 Å². The molecule has 0 spiro atoms. The Kier molecular flexibility index (Phi) is 5.29. The molecule has 0 aliphatic carbocycles. The number of halogens is 1. The molecule has 0 unspecified atom stereocenters. The van der Waals surface area contributed by atoms with Gasteiger partial charge in [-0.15, -0.1) is 0 Å². The largest absolute Gasteiger partial charge is 0.384 e. The van der Waals surface area contributed by atoms with Crippen molar-refractivity contribution >= 4 is 21.6 Å². The van der Waals surface area contributed by atoms with Crippen LogP contribution in [0.2, 0.25) is 0 Å². The molecule has 1 aromatic rings. The molecule has 1 aromatic carbocycles. The van der Waals surface area contributed by atoms with Crippen molar-refractivity contribution in [2.24, 2.45) is 0 Å². The van der Waals surface area contributed by atoms with E-state index < -0.39 is 0 Å². The second-order valence-electron chi connectivity index (χ2n) is 4.21. The predicted octanol–water partition coefficient (Wildman–Crippen LogP) is 2.58. The average Bonchev–Trinajstić information content (AvgIpc) is 2.38. The Morgan fingerprint density at radius 3 is 2.76 bits per heavy atom. The second-order valence-corrected chi connectivity index (χ2v) is 5.07. The Hall–Kier alpha value is -0.580. The number of benzene rings is 1. The molecule has 1 heterocycles. The van der Waals surface area contributed by atoms with Crippen LogP contribution in [0.1, 0.15) is 6.42 Å². The lowest BCUT2D eigenvalue weighted by Crippen LogP contribution is -2.37. The molecule has 1 N–H and O–H groups in total. The van der Waals surface area contributed by atoms with Crippen molar-refractivity contribution in [1.29, 1.82) is 0 Å². The van der Waals surface area contributed by atoms with E-state index in [4.69, 9.17) is 4.74 Å². The monoisotopic (exact) mass is 298 g/mol. The van der Waals surface area contributed by atoms with Gasteiger partial charge in [0.2, 0.25) is 0 Å². The molecule has 94 valence electrons. The Morgan fingerprint density at radius 2 is 2.00 bits per heavy atom. The summed E-state index contributed by atoms with van der Waals surface area (Å²) in [5.41, 5.74) is 1.18. The topological polar surface area (TPSA) is 24.5 Å². The van der Waals surface area contributed by atoms with E-state index in [2.05, 4.69) is 44.3 Å². The van der Waals surface area contributed by atoms with Crippen LogP contribution in [-0.2, 0) is 4.74 Å². The highest BCUT2D eigenvalue weighted by atomic mass is 79.9. The minimum Gasteiger partial charge on any atom is -0.384 e. The predicted molar refractivity (Wildman–Crippen MR) is 74.5 cm³/mol. The van der Waals surface area contributed by atoms with E-state index in [1.807, 2.05) is 6.07 Å². The molecule has 17 heavy (non-hydrogen) atoms. The van der Waals surface area contributed by atoms with Crippen LogP contribution < -0.4 is 5.32 Å². The first-order valence-corrected chi connectivity index (χ1v) is 6.94. The lowest BCUT2D eigenvalue weighted by Gasteiger charge is -2.26. The minimum atomic E-state index is 0.887. The first-order valence-electron chi connectivity index (χ1n) is 6.15. The van der Waals surface area contributed by atoms with Crippen molar-refractivity contribution in [3.05, 3.63) is 28.7 Å². The Balaban J connectivity index is 1.64. The third kappa shape index (κ3) is 4.30. The third-order valence-corrected chi connectivity index (χ3v) is 3.64. The molecule has 0 atom stereocenters. The Morgan fingerprint density at radius 1 is 1.24 bits per heavy atom. The number of ether oxygens (including phenoxy) is 1. The van der Waals surface area contributed by atoms with Crippen LogP contribution in [0.25, 0.3) is 0 Å². The van der Waals surface area contributed by atoms with Crippen LogP contribution >= 0.6 is 15.9 Å². The highest BCUT2D eigenvalue weighted by Crippen LogP contribution is 2.20. The minimum absolute atomic E-state index is 0.887. The SMILES string of the molecule is Brc1ccccc1NCCCN1CCOCC1. The van der Waals surface area contributed by atoms with Crippen LogP contribution in [0, 0.1) is 0 Å². The number of hydrogen-bond acceptors (Lipinski definition) is 3. The number of nitrogens with zero attached hydrogens (tertiary/aromatic N) is 1. The molecule has 1 aliphatic rings. The summed E-state index contributed by atoms with van der Waals surface area (Å²) in [6.07, 6.45) is 1.17. The van der Waals surface area contributed by atoms with Crippen LogP contribution in [0.3, 0.4) is 0 Å². The smallest absolute Gasteiger partial charge is 0.0594 e. The Bertz CT molecular complexity index is 340. The number of anilines is 1. The molecule has 1 saturated heterocycles. The zero-order valence-electron chi connectivity index (χ0n) is 9.99. The molecule has 0 radical (unpaired) electrons. The maximum absolute atomic E-state index is 5.33. The summed E-state index contributed by atoms with van der Waals surface area (Å²) in [6, 6.07) is 8.24. The molecule has 3 nitrogen and oxygen atoms in total. The highest BCUT2D eigenvalue weighted by Gasteiger charge is 2.08. The molecule has 0 aromatic heterocycles. The normalized spacial score (nSPS) is 17.0. The summed E-state index contributed by atoms with van der Waals surface area (Å²) in [5, 5.41) is 3.45. The van der Waals surface area contributed by atoms with Gasteiger partial charge in [0.15, 0.2) is 0 Å². The first-order chi connectivity index (χ1) is 8.36. The van der Waals surface area contributed by atoms with Gasteiger partial charge in [-0.25, -0.2) is 0 Å². The zero-order chi connectivity index (χ0) is 11.9. The number of nitrogens with one attached hydrogen (secondary N) is 1. The molecule has 4 heteroatoms. The highest BCUT2D eigenvalue weighted by molar-refractivity contribution is 9.10. The number of rotatable bonds is 5. The summed E-state index contributed by atoms with van der Waals surface area (Å²) in [6.45, 7) is 6.10. The molecular formula is C13H19BrN2O. The van der Waals surface area contributed by atoms with Crippen LogP contribution in [0.4, 0.5) is 5.69 Å². The van der Waals surface area contributed by atoms with E-state index in [0.29, 0.717) is 0 Å². The quantitative estimate of drug-likeness (QED) is 0.846. The molecule has 1 fully saturated rings. The van der Waals surface area contributed by atoms with E-state index in [-0.39, 0.29) is 0 Å². The van der Waals surface area contributed by atoms with E-state index >= 15 is 0 Å². The van der Waals surface area contributed by atoms with E-state index in [0.717, 1.165) is 43.9 Å².